The number of aryl methyl sites for hydroxylation is 2. The highest BCUT2D eigenvalue weighted by atomic mass is 35.5. The molecule has 0 saturated heterocycles. The number of hydrogen-bond acceptors (Lipinski definition) is 5. The van der Waals surface area contributed by atoms with Crippen molar-refractivity contribution < 1.29 is 4.42 Å². The molecule has 0 aliphatic heterocycles. The van der Waals surface area contributed by atoms with Crippen molar-refractivity contribution >= 4 is 44.1 Å². The molecule has 154 valence electrons. The van der Waals surface area contributed by atoms with Crippen LogP contribution in [0.1, 0.15) is 16.0 Å². The third-order valence-electron chi connectivity index (χ3n) is 5.37. The number of hydrogen-bond donors (Lipinski definition) is 0. The van der Waals surface area contributed by atoms with Crippen LogP contribution < -0.4 is 11.2 Å². The minimum absolute atomic E-state index is 0.146. The largest absolute Gasteiger partial charge is 0.423 e. The molecule has 0 bridgehead atoms. The number of fused-ring (bicyclic) bond motifs is 2. The Morgan fingerprint density at radius 3 is 2.65 bits per heavy atom. The molecule has 0 atom stereocenters. The van der Waals surface area contributed by atoms with Gasteiger partial charge in [0.1, 0.15) is 10.4 Å². The lowest BCUT2D eigenvalue weighted by molar-refractivity contribution is 0.557. The monoisotopic (exact) mass is 448 g/mol. The van der Waals surface area contributed by atoms with Gasteiger partial charge in [-0.1, -0.05) is 41.9 Å². The van der Waals surface area contributed by atoms with Gasteiger partial charge in [-0.25, -0.2) is 9.78 Å². The Hall–Kier alpha value is -3.22. The molecular formula is C24H17ClN2O3S. The van der Waals surface area contributed by atoms with E-state index in [4.69, 9.17) is 16.0 Å². The summed E-state index contributed by atoms with van der Waals surface area (Å²) in [5.41, 5.74) is 3.19. The van der Waals surface area contributed by atoms with Crippen LogP contribution >= 0.6 is 22.9 Å². The SMILES string of the molecule is Cc1cc2oc(=O)cc(Cn3cnc4sc(C)c(-c5ccccc5)c4c3=O)c2cc1Cl. The third-order valence-corrected chi connectivity index (χ3v) is 6.79. The van der Waals surface area contributed by atoms with E-state index in [9.17, 15) is 9.59 Å². The number of halogens is 1. The van der Waals surface area contributed by atoms with Crippen molar-refractivity contribution in [2.45, 2.75) is 20.4 Å². The fraction of sp³-hybridized carbons (Fsp3) is 0.125. The average molecular weight is 449 g/mol. The van der Waals surface area contributed by atoms with Gasteiger partial charge in [-0.3, -0.25) is 9.36 Å². The quantitative estimate of drug-likeness (QED) is 0.339. The smallest absolute Gasteiger partial charge is 0.336 e. The van der Waals surface area contributed by atoms with Crippen LogP contribution in [0.25, 0.3) is 32.3 Å². The molecule has 5 nitrogen and oxygen atoms in total. The zero-order valence-corrected chi connectivity index (χ0v) is 18.4. The summed E-state index contributed by atoms with van der Waals surface area (Å²) >= 11 is 7.81. The van der Waals surface area contributed by atoms with Crippen LogP contribution in [0.15, 0.2) is 68.9 Å². The maximum Gasteiger partial charge on any atom is 0.336 e. The van der Waals surface area contributed by atoms with Crippen LogP contribution in [0.4, 0.5) is 0 Å². The Morgan fingerprint density at radius 2 is 1.87 bits per heavy atom. The summed E-state index contributed by atoms with van der Waals surface area (Å²) in [5, 5.41) is 1.87. The second-order valence-corrected chi connectivity index (χ2v) is 9.06. The van der Waals surface area contributed by atoms with E-state index in [1.165, 1.54) is 28.3 Å². The van der Waals surface area contributed by atoms with Crippen LogP contribution in [-0.2, 0) is 6.54 Å². The minimum Gasteiger partial charge on any atom is -0.423 e. The molecule has 0 spiro atoms. The lowest BCUT2D eigenvalue weighted by atomic mass is 10.0. The van der Waals surface area contributed by atoms with Crippen LogP contribution in [-0.4, -0.2) is 9.55 Å². The van der Waals surface area contributed by atoms with Crippen molar-refractivity contribution in [2.24, 2.45) is 0 Å². The van der Waals surface area contributed by atoms with Gasteiger partial charge in [0.15, 0.2) is 0 Å². The first kappa shape index (κ1) is 19.7. The molecule has 31 heavy (non-hydrogen) atoms. The van der Waals surface area contributed by atoms with Crippen molar-refractivity contribution in [1.82, 2.24) is 9.55 Å². The van der Waals surface area contributed by atoms with E-state index in [0.717, 1.165) is 21.6 Å². The first-order chi connectivity index (χ1) is 14.9. The van der Waals surface area contributed by atoms with Crippen LogP contribution in [0, 0.1) is 13.8 Å². The molecule has 0 radical (unpaired) electrons. The zero-order chi connectivity index (χ0) is 21.7. The Morgan fingerprint density at radius 1 is 1.10 bits per heavy atom. The zero-order valence-electron chi connectivity index (χ0n) is 16.8. The second kappa shape index (κ2) is 7.48. The van der Waals surface area contributed by atoms with Gasteiger partial charge in [0, 0.05) is 26.9 Å². The van der Waals surface area contributed by atoms with Gasteiger partial charge in [0.2, 0.25) is 0 Å². The molecule has 2 aromatic carbocycles. The van der Waals surface area contributed by atoms with Crippen molar-refractivity contribution in [3.05, 3.63) is 96.7 Å². The van der Waals surface area contributed by atoms with E-state index in [-0.39, 0.29) is 12.1 Å². The fourth-order valence-corrected chi connectivity index (χ4v) is 5.03. The molecule has 3 aromatic heterocycles. The standard InChI is InChI=1S/C24H17ClN2O3S/c1-13-8-19-17(10-18(13)25)16(9-20(28)30-19)11-27-12-26-23-22(24(27)29)21(14(2)31-23)15-6-4-3-5-7-15/h3-10,12H,11H2,1-2H3. The summed E-state index contributed by atoms with van der Waals surface area (Å²) in [7, 11) is 0. The molecule has 0 N–H and O–H groups in total. The fourth-order valence-electron chi connectivity index (χ4n) is 3.87. The number of rotatable bonds is 3. The van der Waals surface area contributed by atoms with Gasteiger partial charge in [-0.05, 0) is 42.7 Å². The first-order valence-corrected chi connectivity index (χ1v) is 10.9. The topological polar surface area (TPSA) is 65.1 Å². The number of thiophene rings is 1. The van der Waals surface area contributed by atoms with E-state index in [1.54, 1.807) is 12.1 Å². The maximum absolute atomic E-state index is 13.5. The first-order valence-electron chi connectivity index (χ1n) is 9.69. The predicted molar refractivity (Wildman–Crippen MR) is 125 cm³/mol. The maximum atomic E-state index is 13.5. The molecule has 3 heterocycles. The summed E-state index contributed by atoms with van der Waals surface area (Å²) < 4.78 is 6.87. The Balaban J connectivity index is 1.71. The van der Waals surface area contributed by atoms with Crippen LogP contribution in [0.2, 0.25) is 5.02 Å². The Bertz CT molecular complexity index is 1580. The van der Waals surface area contributed by atoms with Gasteiger partial charge in [-0.15, -0.1) is 11.3 Å². The number of aromatic nitrogens is 2. The summed E-state index contributed by atoms with van der Waals surface area (Å²) in [6.45, 7) is 4.03. The molecule has 0 aliphatic carbocycles. The van der Waals surface area contributed by atoms with E-state index in [2.05, 4.69) is 4.98 Å². The lowest BCUT2D eigenvalue weighted by Crippen LogP contribution is -2.21. The van der Waals surface area contributed by atoms with E-state index in [1.807, 2.05) is 44.2 Å². The van der Waals surface area contributed by atoms with Crippen molar-refractivity contribution in [3.63, 3.8) is 0 Å². The van der Waals surface area contributed by atoms with Crippen LogP contribution in [0.5, 0.6) is 0 Å². The molecule has 5 aromatic rings. The highest BCUT2D eigenvalue weighted by molar-refractivity contribution is 7.19. The van der Waals surface area contributed by atoms with Gasteiger partial charge >= 0.3 is 5.63 Å². The van der Waals surface area contributed by atoms with Crippen molar-refractivity contribution in [1.29, 1.82) is 0 Å². The van der Waals surface area contributed by atoms with Gasteiger partial charge in [0.05, 0.1) is 18.3 Å². The number of nitrogens with zero attached hydrogens (tertiary/aromatic N) is 2. The average Bonchev–Trinajstić information content (AvgIpc) is 3.09. The highest BCUT2D eigenvalue weighted by Crippen LogP contribution is 2.35. The molecule has 0 fully saturated rings. The number of benzene rings is 2. The van der Waals surface area contributed by atoms with Crippen LogP contribution in [0.3, 0.4) is 0 Å². The Labute approximate surface area is 186 Å². The van der Waals surface area contributed by atoms with Crippen molar-refractivity contribution in [3.8, 4) is 11.1 Å². The molecule has 5 rings (SSSR count). The van der Waals surface area contributed by atoms with E-state index >= 15 is 0 Å². The molecule has 0 aliphatic rings. The van der Waals surface area contributed by atoms with Crippen molar-refractivity contribution in [2.75, 3.05) is 0 Å². The highest BCUT2D eigenvalue weighted by Gasteiger charge is 2.18. The third kappa shape index (κ3) is 3.38. The minimum atomic E-state index is -0.470. The Kier molecular flexibility index (Phi) is 4.76. The lowest BCUT2D eigenvalue weighted by Gasteiger charge is -2.10. The summed E-state index contributed by atoms with van der Waals surface area (Å²) in [5.74, 6) is 0. The molecule has 0 unspecified atom stereocenters. The molecule has 0 saturated carbocycles. The summed E-state index contributed by atoms with van der Waals surface area (Å²) in [4.78, 5) is 31.9. The van der Waals surface area contributed by atoms with Gasteiger partial charge < -0.3 is 4.42 Å². The molecule has 7 heteroatoms. The van der Waals surface area contributed by atoms with Gasteiger partial charge in [-0.2, -0.15) is 0 Å². The van der Waals surface area contributed by atoms with Gasteiger partial charge in [0.25, 0.3) is 5.56 Å². The normalized spacial score (nSPS) is 11.5. The molecular weight excluding hydrogens is 432 g/mol. The molecule has 0 amide bonds. The second-order valence-electron chi connectivity index (χ2n) is 7.45. The predicted octanol–water partition coefficient (Wildman–Crippen LogP) is 5.55. The van der Waals surface area contributed by atoms with E-state index in [0.29, 0.717) is 31.8 Å². The summed E-state index contributed by atoms with van der Waals surface area (Å²) in [6.07, 6.45) is 1.53. The van der Waals surface area contributed by atoms with E-state index < -0.39 is 5.63 Å². The summed E-state index contributed by atoms with van der Waals surface area (Å²) in [6, 6.07) is 14.7.